The van der Waals surface area contributed by atoms with Crippen LogP contribution in [-0.2, 0) is 4.79 Å². The summed E-state index contributed by atoms with van der Waals surface area (Å²) in [6, 6.07) is 0. The molecule has 6 nitrogen and oxygen atoms in total. The molecule has 0 fully saturated rings. The smallest absolute Gasteiger partial charge is 0.302 e. The SMILES string of the molecule is CCCCCCCCCCCCCC(=O)Nc1ncc([N+](=O)[O-])s1. The second-order valence-corrected chi connectivity index (χ2v) is 7.10. The van der Waals surface area contributed by atoms with Gasteiger partial charge in [0.15, 0.2) is 5.13 Å². The molecule has 1 aromatic rings. The van der Waals surface area contributed by atoms with E-state index in [1.54, 1.807) is 0 Å². The van der Waals surface area contributed by atoms with Gasteiger partial charge in [0.2, 0.25) is 5.91 Å². The van der Waals surface area contributed by atoms with Crippen molar-refractivity contribution in [3.8, 4) is 0 Å². The van der Waals surface area contributed by atoms with Crippen molar-refractivity contribution in [1.82, 2.24) is 4.98 Å². The van der Waals surface area contributed by atoms with Crippen molar-refractivity contribution < 1.29 is 9.72 Å². The lowest BCUT2D eigenvalue weighted by Gasteiger charge is -2.03. The van der Waals surface area contributed by atoms with Gasteiger partial charge >= 0.3 is 5.00 Å². The lowest BCUT2D eigenvalue weighted by Crippen LogP contribution is -2.10. The zero-order chi connectivity index (χ0) is 17.6. The lowest BCUT2D eigenvalue weighted by molar-refractivity contribution is -0.380. The molecule has 1 amide bonds. The van der Waals surface area contributed by atoms with Crippen LogP contribution in [0.2, 0.25) is 0 Å². The summed E-state index contributed by atoms with van der Waals surface area (Å²) in [7, 11) is 0. The third-order valence-corrected chi connectivity index (χ3v) is 4.79. The molecule has 1 rings (SSSR count). The minimum atomic E-state index is -0.503. The van der Waals surface area contributed by atoms with Gasteiger partial charge in [0.05, 0.1) is 4.92 Å². The van der Waals surface area contributed by atoms with E-state index in [4.69, 9.17) is 0 Å². The van der Waals surface area contributed by atoms with E-state index >= 15 is 0 Å². The largest absolute Gasteiger partial charge is 0.345 e. The number of hydrogen-bond donors (Lipinski definition) is 1. The normalized spacial score (nSPS) is 10.7. The van der Waals surface area contributed by atoms with Crippen molar-refractivity contribution in [3.05, 3.63) is 16.3 Å². The van der Waals surface area contributed by atoms with E-state index < -0.39 is 4.92 Å². The number of rotatable bonds is 14. The summed E-state index contributed by atoms with van der Waals surface area (Å²) < 4.78 is 0. The molecular formula is C17H29N3O3S. The molecule has 7 heteroatoms. The molecule has 136 valence electrons. The van der Waals surface area contributed by atoms with Crippen LogP contribution in [-0.4, -0.2) is 15.8 Å². The molecule has 0 bridgehead atoms. The molecule has 0 atom stereocenters. The highest BCUT2D eigenvalue weighted by atomic mass is 32.1. The summed E-state index contributed by atoms with van der Waals surface area (Å²) in [5, 5.41) is 13.4. The molecule has 0 aliphatic carbocycles. The highest BCUT2D eigenvalue weighted by molar-refractivity contribution is 7.18. The minimum absolute atomic E-state index is 0.0556. The Morgan fingerprint density at radius 3 is 2.12 bits per heavy atom. The van der Waals surface area contributed by atoms with Gasteiger partial charge in [-0.1, -0.05) is 71.1 Å². The summed E-state index contributed by atoms with van der Waals surface area (Å²) in [5.41, 5.74) is 0. The number of unbranched alkanes of at least 4 members (excludes halogenated alkanes) is 10. The second kappa shape index (κ2) is 12.9. The highest BCUT2D eigenvalue weighted by Crippen LogP contribution is 2.25. The van der Waals surface area contributed by atoms with E-state index in [1.165, 1.54) is 64.0 Å². The van der Waals surface area contributed by atoms with Gasteiger partial charge in [-0.2, -0.15) is 0 Å². The molecule has 0 aromatic carbocycles. The Morgan fingerprint density at radius 2 is 1.62 bits per heavy atom. The Balaban J connectivity index is 1.95. The van der Waals surface area contributed by atoms with Crippen LogP contribution in [0.4, 0.5) is 10.1 Å². The van der Waals surface area contributed by atoms with Crippen molar-refractivity contribution in [1.29, 1.82) is 0 Å². The first-order valence-corrected chi connectivity index (χ1v) is 9.85. The van der Waals surface area contributed by atoms with Crippen LogP contribution in [0.5, 0.6) is 0 Å². The van der Waals surface area contributed by atoms with E-state index in [1.807, 2.05) is 0 Å². The third-order valence-electron chi connectivity index (χ3n) is 3.93. The highest BCUT2D eigenvalue weighted by Gasteiger charge is 2.13. The summed E-state index contributed by atoms with van der Waals surface area (Å²) in [4.78, 5) is 25.6. The predicted octanol–water partition coefficient (Wildman–Crippen LogP) is 5.69. The Hall–Kier alpha value is -1.50. The van der Waals surface area contributed by atoms with Crippen LogP contribution < -0.4 is 5.32 Å². The molecular weight excluding hydrogens is 326 g/mol. The Bertz CT molecular complexity index is 491. The number of nitro groups is 1. The lowest BCUT2D eigenvalue weighted by atomic mass is 10.1. The fraction of sp³-hybridized carbons (Fsp3) is 0.765. The van der Waals surface area contributed by atoms with E-state index in [2.05, 4.69) is 17.2 Å². The molecule has 0 saturated carbocycles. The van der Waals surface area contributed by atoms with Gasteiger partial charge in [0.1, 0.15) is 6.20 Å². The van der Waals surface area contributed by atoms with Crippen molar-refractivity contribution in [2.45, 2.75) is 84.0 Å². The predicted molar refractivity (Wildman–Crippen MR) is 98.5 cm³/mol. The number of nitrogens with zero attached hydrogens (tertiary/aromatic N) is 2. The fourth-order valence-electron chi connectivity index (χ4n) is 2.54. The van der Waals surface area contributed by atoms with E-state index in [0.717, 1.165) is 24.2 Å². The molecule has 1 N–H and O–H groups in total. The van der Waals surface area contributed by atoms with E-state index in [-0.39, 0.29) is 10.9 Å². The number of amides is 1. The molecule has 0 spiro atoms. The van der Waals surface area contributed by atoms with Gasteiger partial charge in [-0.3, -0.25) is 14.9 Å². The molecule has 1 heterocycles. The number of carbonyl (C=O) groups is 1. The maximum absolute atomic E-state index is 11.7. The average molecular weight is 356 g/mol. The van der Waals surface area contributed by atoms with E-state index in [9.17, 15) is 14.9 Å². The maximum Gasteiger partial charge on any atom is 0.345 e. The van der Waals surface area contributed by atoms with Gasteiger partial charge in [0, 0.05) is 6.42 Å². The first kappa shape index (κ1) is 20.5. The van der Waals surface area contributed by atoms with Crippen LogP contribution in [0.25, 0.3) is 0 Å². The van der Waals surface area contributed by atoms with Crippen molar-refractivity contribution >= 4 is 27.4 Å². The zero-order valence-corrected chi connectivity index (χ0v) is 15.4. The van der Waals surface area contributed by atoms with Crippen molar-refractivity contribution in [3.63, 3.8) is 0 Å². The molecule has 0 aliphatic heterocycles. The van der Waals surface area contributed by atoms with Gasteiger partial charge in [0.25, 0.3) is 0 Å². The van der Waals surface area contributed by atoms with Gasteiger partial charge in [-0.25, -0.2) is 4.98 Å². The number of aromatic nitrogens is 1. The van der Waals surface area contributed by atoms with Crippen LogP contribution in [0, 0.1) is 10.1 Å². The number of hydrogen-bond acceptors (Lipinski definition) is 5. The molecule has 24 heavy (non-hydrogen) atoms. The summed E-state index contributed by atoms with van der Waals surface area (Å²) in [5.74, 6) is -0.116. The van der Waals surface area contributed by atoms with Crippen LogP contribution in [0.3, 0.4) is 0 Å². The first-order valence-electron chi connectivity index (χ1n) is 9.03. The number of anilines is 1. The topological polar surface area (TPSA) is 85.1 Å². The van der Waals surface area contributed by atoms with Crippen LogP contribution in [0.15, 0.2) is 6.20 Å². The number of carbonyl (C=O) groups excluding carboxylic acids is 1. The van der Waals surface area contributed by atoms with Gasteiger partial charge in [-0.15, -0.1) is 0 Å². The molecule has 0 radical (unpaired) electrons. The average Bonchev–Trinajstić information content (AvgIpc) is 3.01. The minimum Gasteiger partial charge on any atom is -0.302 e. The van der Waals surface area contributed by atoms with Crippen molar-refractivity contribution in [2.24, 2.45) is 0 Å². The quantitative estimate of drug-likeness (QED) is 0.264. The van der Waals surface area contributed by atoms with Gasteiger partial charge < -0.3 is 5.32 Å². The standard InChI is InChI=1S/C17H29N3O3S/c1-2-3-4-5-6-7-8-9-10-11-12-13-15(21)19-17-18-14-16(24-17)20(22)23/h14H,2-13H2,1H3,(H,18,19,21). The molecule has 1 aromatic heterocycles. The Morgan fingerprint density at radius 1 is 1.08 bits per heavy atom. The van der Waals surface area contributed by atoms with Crippen LogP contribution in [0.1, 0.15) is 84.0 Å². The summed E-state index contributed by atoms with van der Waals surface area (Å²) in [6.07, 6.45) is 15.3. The first-order chi connectivity index (χ1) is 11.6. The third kappa shape index (κ3) is 9.60. The summed E-state index contributed by atoms with van der Waals surface area (Å²) >= 11 is 0.887. The second-order valence-electron chi connectivity index (χ2n) is 6.09. The van der Waals surface area contributed by atoms with Crippen LogP contribution >= 0.6 is 11.3 Å². The summed E-state index contributed by atoms with van der Waals surface area (Å²) in [6.45, 7) is 2.24. The van der Waals surface area contributed by atoms with Crippen molar-refractivity contribution in [2.75, 3.05) is 5.32 Å². The monoisotopic (exact) mass is 355 g/mol. The fourth-order valence-corrected chi connectivity index (χ4v) is 3.19. The molecule has 0 aliphatic rings. The number of nitrogens with one attached hydrogen (secondary N) is 1. The van der Waals surface area contributed by atoms with E-state index in [0.29, 0.717) is 11.6 Å². The molecule has 0 unspecified atom stereocenters. The Kier molecular flexibility index (Phi) is 11.0. The zero-order valence-electron chi connectivity index (χ0n) is 14.6. The number of thiazole rings is 1. The maximum atomic E-state index is 11.7. The Labute approximate surface area is 148 Å². The molecule has 0 saturated heterocycles. The van der Waals surface area contributed by atoms with Gasteiger partial charge in [-0.05, 0) is 17.8 Å².